The molecular formula is C12H23NO3. The van der Waals surface area contributed by atoms with E-state index >= 15 is 0 Å². The number of carbonyl (C=O) groups is 1. The molecule has 4 heteroatoms. The van der Waals surface area contributed by atoms with Crippen LogP contribution in [0.1, 0.15) is 40.0 Å². The predicted molar refractivity (Wildman–Crippen MR) is 61.9 cm³/mol. The van der Waals surface area contributed by atoms with Gasteiger partial charge < -0.3 is 15.1 Å². The molecule has 1 atom stereocenters. The first kappa shape index (κ1) is 13.5. The van der Waals surface area contributed by atoms with Crippen molar-refractivity contribution < 1.29 is 15.0 Å². The fraction of sp³-hybridized carbons (Fsp3) is 0.917. The Hall–Kier alpha value is -0.610. The Labute approximate surface area is 97.3 Å². The van der Waals surface area contributed by atoms with Crippen LogP contribution in [-0.2, 0) is 4.79 Å². The van der Waals surface area contributed by atoms with Crippen molar-refractivity contribution in [2.24, 2.45) is 5.92 Å². The molecule has 1 rings (SSSR count). The molecule has 16 heavy (non-hydrogen) atoms. The van der Waals surface area contributed by atoms with Crippen molar-refractivity contribution in [1.29, 1.82) is 0 Å². The van der Waals surface area contributed by atoms with Crippen LogP contribution in [0.5, 0.6) is 0 Å². The monoisotopic (exact) mass is 229 g/mol. The Kier molecular flexibility index (Phi) is 3.65. The summed E-state index contributed by atoms with van der Waals surface area (Å²) in [6, 6.07) is 0. The molecule has 94 valence electrons. The first-order valence-electron chi connectivity index (χ1n) is 5.89. The predicted octanol–water partition coefficient (Wildman–Crippen LogP) is 0.767. The van der Waals surface area contributed by atoms with Gasteiger partial charge >= 0.3 is 0 Å². The van der Waals surface area contributed by atoms with Crippen molar-refractivity contribution in [1.82, 2.24) is 4.90 Å². The first-order chi connectivity index (χ1) is 7.19. The molecule has 0 heterocycles. The summed E-state index contributed by atoms with van der Waals surface area (Å²) < 4.78 is 0. The third kappa shape index (κ3) is 2.55. The number of nitrogens with zero attached hydrogens (tertiary/aromatic N) is 1. The van der Waals surface area contributed by atoms with Crippen molar-refractivity contribution in [2.45, 2.75) is 51.2 Å². The average Bonchev–Trinajstić information content (AvgIpc) is 2.13. The maximum absolute atomic E-state index is 12.0. The highest BCUT2D eigenvalue weighted by atomic mass is 16.3. The van der Waals surface area contributed by atoms with Crippen LogP contribution in [0.25, 0.3) is 0 Å². The molecule has 0 saturated heterocycles. The lowest BCUT2D eigenvalue weighted by Crippen LogP contribution is -2.55. The Balaban J connectivity index is 2.60. The zero-order valence-electron chi connectivity index (χ0n) is 10.7. The molecule has 1 aliphatic carbocycles. The van der Waals surface area contributed by atoms with Gasteiger partial charge in [0.25, 0.3) is 5.91 Å². The minimum Gasteiger partial charge on any atom is -0.388 e. The molecule has 2 N–H and O–H groups in total. The molecule has 1 saturated carbocycles. The summed E-state index contributed by atoms with van der Waals surface area (Å²) in [5, 5.41) is 20.0. The minimum atomic E-state index is -1.35. The van der Waals surface area contributed by atoms with E-state index in [4.69, 9.17) is 0 Å². The van der Waals surface area contributed by atoms with Crippen LogP contribution >= 0.6 is 0 Å². The van der Waals surface area contributed by atoms with Crippen LogP contribution in [0.3, 0.4) is 0 Å². The lowest BCUT2D eigenvalue weighted by Gasteiger charge is -2.41. The third-order valence-electron chi connectivity index (χ3n) is 3.72. The van der Waals surface area contributed by atoms with E-state index < -0.39 is 11.2 Å². The van der Waals surface area contributed by atoms with Crippen molar-refractivity contribution in [3.63, 3.8) is 0 Å². The fourth-order valence-electron chi connectivity index (χ4n) is 1.89. The molecular weight excluding hydrogens is 206 g/mol. The Morgan fingerprint density at radius 3 is 2.31 bits per heavy atom. The van der Waals surface area contributed by atoms with Gasteiger partial charge in [0.15, 0.2) is 0 Å². The zero-order valence-corrected chi connectivity index (χ0v) is 10.7. The topological polar surface area (TPSA) is 60.8 Å². The lowest BCUT2D eigenvalue weighted by atomic mass is 9.79. The number of aliphatic hydroxyl groups is 2. The molecule has 0 aliphatic heterocycles. The van der Waals surface area contributed by atoms with E-state index in [9.17, 15) is 15.0 Å². The normalized spacial score (nSPS) is 22.4. The van der Waals surface area contributed by atoms with Gasteiger partial charge in [-0.15, -0.1) is 0 Å². The van der Waals surface area contributed by atoms with Crippen molar-refractivity contribution >= 4 is 5.91 Å². The van der Waals surface area contributed by atoms with Gasteiger partial charge in [-0.2, -0.15) is 0 Å². The van der Waals surface area contributed by atoms with Crippen LogP contribution in [0.4, 0.5) is 0 Å². The number of amides is 1. The summed E-state index contributed by atoms with van der Waals surface area (Å²) in [6.07, 6.45) is 2.50. The van der Waals surface area contributed by atoms with E-state index in [-0.39, 0.29) is 11.8 Å². The highest BCUT2D eigenvalue weighted by Crippen LogP contribution is 2.32. The van der Waals surface area contributed by atoms with Gasteiger partial charge in [-0.1, -0.05) is 13.8 Å². The van der Waals surface area contributed by atoms with Gasteiger partial charge in [0, 0.05) is 13.6 Å². The van der Waals surface area contributed by atoms with Crippen molar-refractivity contribution in [2.75, 3.05) is 13.6 Å². The summed E-state index contributed by atoms with van der Waals surface area (Å²) >= 11 is 0. The molecule has 0 radical (unpaired) electrons. The van der Waals surface area contributed by atoms with E-state index in [1.165, 1.54) is 11.8 Å². The van der Waals surface area contributed by atoms with Gasteiger partial charge in [0.05, 0.1) is 5.60 Å². The summed E-state index contributed by atoms with van der Waals surface area (Å²) in [6.45, 7) is 5.46. The molecule has 0 aromatic heterocycles. The molecule has 0 aromatic carbocycles. The average molecular weight is 229 g/mol. The van der Waals surface area contributed by atoms with Gasteiger partial charge in [0.2, 0.25) is 0 Å². The quantitative estimate of drug-likeness (QED) is 0.748. The van der Waals surface area contributed by atoms with Crippen LogP contribution in [0, 0.1) is 5.92 Å². The second-order valence-corrected chi connectivity index (χ2v) is 5.54. The summed E-state index contributed by atoms with van der Waals surface area (Å²) in [7, 11) is 1.63. The SMILES string of the molecule is CC(C)C(C)(O)C(=O)N(C)CC1(O)CCC1. The van der Waals surface area contributed by atoms with E-state index in [0.29, 0.717) is 6.54 Å². The molecule has 1 fully saturated rings. The van der Waals surface area contributed by atoms with Crippen LogP contribution in [0.15, 0.2) is 0 Å². The summed E-state index contributed by atoms with van der Waals surface area (Å²) in [4.78, 5) is 13.4. The molecule has 0 aromatic rings. The molecule has 0 bridgehead atoms. The standard InChI is InChI=1S/C12H23NO3/c1-9(2)11(3,15)10(14)13(4)8-12(16)6-5-7-12/h9,15-16H,5-8H2,1-4H3. The second-order valence-electron chi connectivity index (χ2n) is 5.54. The Bertz CT molecular complexity index is 269. The molecule has 1 unspecified atom stereocenters. The number of hydrogen-bond acceptors (Lipinski definition) is 3. The van der Waals surface area contributed by atoms with E-state index in [2.05, 4.69) is 0 Å². The molecule has 0 spiro atoms. The molecule has 1 amide bonds. The molecule has 4 nitrogen and oxygen atoms in total. The second kappa shape index (κ2) is 4.34. The largest absolute Gasteiger partial charge is 0.388 e. The van der Waals surface area contributed by atoms with Gasteiger partial charge in [-0.25, -0.2) is 0 Å². The lowest BCUT2D eigenvalue weighted by molar-refractivity contribution is -0.158. The number of hydrogen-bond donors (Lipinski definition) is 2. The smallest absolute Gasteiger partial charge is 0.254 e. The van der Waals surface area contributed by atoms with Crippen molar-refractivity contribution in [3.8, 4) is 0 Å². The maximum atomic E-state index is 12.0. The van der Waals surface area contributed by atoms with E-state index in [1.807, 2.05) is 13.8 Å². The highest BCUT2D eigenvalue weighted by molar-refractivity contribution is 5.84. The van der Waals surface area contributed by atoms with Crippen LogP contribution in [-0.4, -0.2) is 45.8 Å². The number of rotatable bonds is 4. The van der Waals surface area contributed by atoms with Gasteiger partial charge in [0.1, 0.15) is 5.60 Å². The summed E-state index contributed by atoms with van der Waals surface area (Å²) in [5.41, 5.74) is -2.08. The Morgan fingerprint density at radius 1 is 1.50 bits per heavy atom. The van der Waals surface area contributed by atoms with E-state index in [0.717, 1.165) is 19.3 Å². The van der Waals surface area contributed by atoms with Gasteiger partial charge in [-0.05, 0) is 32.1 Å². The maximum Gasteiger partial charge on any atom is 0.254 e. The summed E-state index contributed by atoms with van der Waals surface area (Å²) in [5.74, 6) is -0.457. The minimum absolute atomic E-state index is 0.140. The van der Waals surface area contributed by atoms with Crippen LogP contribution in [0.2, 0.25) is 0 Å². The van der Waals surface area contributed by atoms with Gasteiger partial charge in [-0.3, -0.25) is 4.79 Å². The zero-order chi connectivity index (χ0) is 12.6. The third-order valence-corrected chi connectivity index (χ3v) is 3.72. The highest BCUT2D eigenvalue weighted by Gasteiger charge is 2.41. The van der Waals surface area contributed by atoms with Crippen LogP contribution < -0.4 is 0 Å². The van der Waals surface area contributed by atoms with Crippen molar-refractivity contribution in [3.05, 3.63) is 0 Å². The number of likely N-dealkylation sites (N-methyl/N-ethyl adjacent to an activating group) is 1. The first-order valence-corrected chi connectivity index (χ1v) is 5.89. The number of carbonyl (C=O) groups excluding carboxylic acids is 1. The molecule has 1 aliphatic rings. The fourth-order valence-corrected chi connectivity index (χ4v) is 1.89. The Morgan fingerprint density at radius 2 is 2.00 bits per heavy atom. The van der Waals surface area contributed by atoms with E-state index in [1.54, 1.807) is 7.05 Å².